The van der Waals surface area contributed by atoms with E-state index in [0.717, 1.165) is 37.1 Å². The molecule has 1 aliphatic rings. The summed E-state index contributed by atoms with van der Waals surface area (Å²) in [6.07, 6.45) is 6.16. The van der Waals surface area contributed by atoms with E-state index in [9.17, 15) is 0 Å². The number of hydrogen-bond acceptors (Lipinski definition) is 3. The molecule has 138 valence electrons. The molecular weight excluding hydrogens is 332 g/mol. The largest absolute Gasteiger partial charge is 0.339 e. The fourth-order valence-electron chi connectivity index (χ4n) is 3.96. The van der Waals surface area contributed by atoms with Crippen molar-refractivity contribution in [2.45, 2.75) is 32.6 Å². The van der Waals surface area contributed by atoms with Gasteiger partial charge in [0.1, 0.15) is 5.65 Å². The number of piperidine rings is 1. The lowest BCUT2D eigenvalue weighted by Gasteiger charge is -2.22. The van der Waals surface area contributed by atoms with Gasteiger partial charge in [0.2, 0.25) is 0 Å². The summed E-state index contributed by atoms with van der Waals surface area (Å²) in [7, 11) is 0. The lowest BCUT2D eigenvalue weighted by atomic mass is 9.92. The minimum Gasteiger partial charge on any atom is -0.339 e. The van der Waals surface area contributed by atoms with Gasteiger partial charge in [-0.3, -0.25) is 4.98 Å². The summed E-state index contributed by atoms with van der Waals surface area (Å²) in [5.74, 6) is 0.557. The lowest BCUT2D eigenvalue weighted by Crippen LogP contribution is -2.27. The third-order valence-corrected chi connectivity index (χ3v) is 5.25. The van der Waals surface area contributed by atoms with Crippen molar-refractivity contribution in [3.63, 3.8) is 0 Å². The van der Waals surface area contributed by atoms with Crippen LogP contribution in [0.1, 0.15) is 38.3 Å². The summed E-state index contributed by atoms with van der Waals surface area (Å²) >= 11 is 0. The first kappa shape index (κ1) is 17.7. The molecule has 0 saturated carbocycles. The van der Waals surface area contributed by atoms with Crippen molar-refractivity contribution in [1.82, 2.24) is 20.3 Å². The topological polar surface area (TPSA) is 53.6 Å². The average molecular weight is 358 g/mol. The molecule has 1 aliphatic heterocycles. The van der Waals surface area contributed by atoms with Crippen LogP contribution in [0.5, 0.6) is 0 Å². The second-order valence-electron chi connectivity index (χ2n) is 6.75. The number of pyridine rings is 2. The van der Waals surface area contributed by atoms with Gasteiger partial charge in [0.25, 0.3) is 0 Å². The van der Waals surface area contributed by atoms with Crippen LogP contribution in [-0.2, 0) is 0 Å². The number of nitrogens with one attached hydrogen (secondary N) is 2. The maximum absolute atomic E-state index is 4.67. The SMILES string of the molecule is CC.c1ccc2c(c1)[nH]c1nccc(-c3ccnc(C4CCNCC4)c3)c12. The van der Waals surface area contributed by atoms with Crippen molar-refractivity contribution in [2.75, 3.05) is 13.1 Å². The number of H-pyrrole nitrogens is 1. The maximum atomic E-state index is 4.67. The van der Waals surface area contributed by atoms with Crippen LogP contribution in [-0.4, -0.2) is 28.0 Å². The normalized spacial score (nSPS) is 14.9. The molecule has 4 heterocycles. The molecule has 4 nitrogen and oxygen atoms in total. The summed E-state index contributed by atoms with van der Waals surface area (Å²) in [6.45, 7) is 6.16. The van der Waals surface area contributed by atoms with Crippen molar-refractivity contribution in [3.8, 4) is 11.1 Å². The fraction of sp³-hybridized carbons (Fsp3) is 0.304. The van der Waals surface area contributed by atoms with E-state index < -0.39 is 0 Å². The molecular formula is C23H26N4. The number of para-hydroxylation sites is 1. The first-order valence-electron chi connectivity index (χ1n) is 9.92. The molecule has 4 heteroatoms. The van der Waals surface area contributed by atoms with Crippen LogP contribution < -0.4 is 5.32 Å². The molecule has 1 aromatic carbocycles. The van der Waals surface area contributed by atoms with Crippen molar-refractivity contribution in [3.05, 3.63) is 60.6 Å². The highest BCUT2D eigenvalue weighted by Gasteiger charge is 2.18. The number of hydrogen-bond donors (Lipinski definition) is 2. The Bertz CT molecular complexity index is 1040. The Morgan fingerprint density at radius 1 is 0.926 bits per heavy atom. The van der Waals surface area contributed by atoms with E-state index in [2.05, 4.69) is 62.7 Å². The minimum absolute atomic E-state index is 0.557. The first-order chi connectivity index (χ1) is 13.4. The lowest BCUT2D eigenvalue weighted by molar-refractivity contribution is 0.453. The molecule has 0 spiro atoms. The molecule has 0 aliphatic carbocycles. The van der Waals surface area contributed by atoms with Crippen LogP contribution in [0.4, 0.5) is 0 Å². The molecule has 2 N–H and O–H groups in total. The minimum atomic E-state index is 0.557. The molecule has 0 atom stereocenters. The van der Waals surface area contributed by atoms with E-state index in [1.807, 2.05) is 26.2 Å². The van der Waals surface area contributed by atoms with Gasteiger partial charge in [0.05, 0.1) is 0 Å². The second-order valence-corrected chi connectivity index (χ2v) is 6.75. The van der Waals surface area contributed by atoms with Gasteiger partial charge in [-0.05, 0) is 61.3 Å². The van der Waals surface area contributed by atoms with Crippen LogP contribution in [0.3, 0.4) is 0 Å². The summed E-state index contributed by atoms with van der Waals surface area (Å²) in [5, 5.41) is 5.85. The fourth-order valence-corrected chi connectivity index (χ4v) is 3.96. The van der Waals surface area contributed by atoms with E-state index >= 15 is 0 Å². The number of aromatic nitrogens is 3. The summed E-state index contributed by atoms with van der Waals surface area (Å²) in [4.78, 5) is 12.6. The van der Waals surface area contributed by atoms with Gasteiger partial charge in [-0.2, -0.15) is 0 Å². The van der Waals surface area contributed by atoms with Crippen LogP contribution in [0.15, 0.2) is 54.9 Å². The Kier molecular flexibility index (Phi) is 5.16. The van der Waals surface area contributed by atoms with E-state index in [1.54, 1.807) is 0 Å². The Balaban J connectivity index is 0.000000872. The molecule has 0 unspecified atom stereocenters. The highest BCUT2D eigenvalue weighted by atomic mass is 14.9. The van der Waals surface area contributed by atoms with Crippen LogP contribution in [0.2, 0.25) is 0 Å². The standard InChI is InChI=1S/C21H20N4.C2H6/c1-2-4-18-17(3-1)20-16(8-12-24-21(20)25-18)15-7-11-23-19(13-15)14-5-9-22-10-6-14;1-2/h1-4,7-8,11-14,22H,5-6,9-10H2,(H,24,25);1-2H3. The van der Waals surface area contributed by atoms with Gasteiger partial charge in [-0.25, -0.2) is 4.98 Å². The molecule has 1 saturated heterocycles. The molecule has 4 aromatic rings. The van der Waals surface area contributed by atoms with E-state index in [-0.39, 0.29) is 0 Å². The zero-order valence-electron chi connectivity index (χ0n) is 16.0. The van der Waals surface area contributed by atoms with Gasteiger partial charge >= 0.3 is 0 Å². The first-order valence-corrected chi connectivity index (χ1v) is 9.92. The van der Waals surface area contributed by atoms with Gasteiger partial charge < -0.3 is 10.3 Å². The van der Waals surface area contributed by atoms with Crippen LogP contribution >= 0.6 is 0 Å². The molecule has 0 amide bonds. The van der Waals surface area contributed by atoms with E-state index in [1.165, 1.54) is 27.6 Å². The van der Waals surface area contributed by atoms with Gasteiger partial charge in [-0.15, -0.1) is 0 Å². The van der Waals surface area contributed by atoms with Crippen LogP contribution in [0, 0.1) is 0 Å². The molecule has 1 fully saturated rings. The predicted molar refractivity (Wildman–Crippen MR) is 113 cm³/mol. The Hall–Kier alpha value is -2.72. The van der Waals surface area contributed by atoms with E-state index in [0.29, 0.717) is 5.92 Å². The van der Waals surface area contributed by atoms with Crippen LogP contribution in [0.25, 0.3) is 33.1 Å². The Morgan fingerprint density at radius 2 is 1.70 bits per heavy atom. The third kappa shape index (κ3) is 3.33. The molecule has 5 rings (SSSR count). The zero-order chi connectivity index (χ0) is 18.6. The third-order valence-electron chi connectivity index (χ3n) is 5.25. The Morgan fingerprint density at radius 3 is 2.56 bits per heavy atom. The van der Waals surface area contributed by atoms with Gasteiger partial charge in [-0.1, -0.05) is 32.0 Å². The highest BCUT2D eigenvalue weighted by Crippen LogP contribution is 2.34. The predicted octanol–water partition coefficient (Wildman–Crippen LogP) is 5.27. The van der Waals surface area contributed by atoms with Gasteiger partial charge in [0, 0.05) is 40.3 Å². The smallest absolute Gasteiger partial charge is 0.138 e. The number of aromatic amines is 1. The number of nitrogens with zero attached hydrogens (tertiary/aromatic N) is 2. The van der Waals surface area contributed by atoms with E-state index in [4.69, 9.17) is 0 Å². The van der Waals surface area contributed by atoms with Crippen molar-refractivity contribution in [1.29, 1.82) is 0 Å². The Labute approximate surface area is 160 Å². The number of fused-ring (bicyclic) bond motifs is 3. The monoisotopic (exact) mass is 358 g/mol. The molecule has 0 bridgehead atoms. The number of rotatable bonds is 2. The molecule has 0 radical (unpaired) electrons. The average Bonchev–Trinajstić information content (AvgIpc) is 3.15. The highest BCUT2D eigenvalue weighted by molar-refractivity contribution is 6.12. The van der Waals surface area contributed by atoms with Crippen molar-refractivity contribution in [2.24, 2.45) is 0 Å². The summed E-state index contributed by atoms with van der Waals surface area (Å²) < 4.78 is 0. The van der Waals surface area contributed by atoms with Crippen molar-refractivity contribution < 1.29 is 0 Å². The maximum Gasteiger partial charge on any atom is 0.138 e. The quantitative estimate of drug-likeness (QED) is 0.513. The molecule has 27 heavy (non-hydrogen) atoms. The molecule has 3 aromatic heterocycles. The van der Waals surface area contributed by atoms with Crippen molar-refractivity contribution >= 4 is 21.9 Å². The van der Waals surface area contributed by atoms with Gasteiger partial charge in [0.15, 0.2) is 0 Å². The summed E-state index contributed by atoms with van der Waals surface area (Å²) in [6, 6.07) is 14.9. The number of benzene rings is 1. The second kappa shape index (κ2) is 7.89. The summed E-state index contributed by atoms with van der Waals surface area (Å²) in [5.41, 5.74) is 5.73. The zero-order valence-corrected chi connectivity index (χ0v) is 16.0.